The third-order valence-corrected chi connectivity index (χ3v) is 2.85. The van der Waals surface area contributed by atoms with Gasteiger partial charge in [-0.15, -0.1) is 0 Å². The molecule has 0 aliphatic rings. The average Bonchev–Trinajstić information content (AvgIpc) is 2.38. The molecular weight excluding hydrogens is 248 g/mol. The number of anilines is 3. The number of nitrogens with one attached hydrogen (secondary N) is 1. The number of hydrogen-bond donors (Lipinski definition) is 1. The van der Waals surface area contributed by atoms with E-state index in [0.29, 0.717) is 0 Å². The lowest BCUT2D eigenvalue weighted by Gasteiger charge is -2.20. The van der Waals surface area contributed by atoms with E-state index in [-0.39, 0.29) is 11.6 Å². The third kappa shape index (κ3) is 2.65. The second-order valence-corrected chi connectivity index (χ2v) is 4.27. The summed E-state index contributed by atoms with van der Waals surface area (Å²) in [5, 5.41) is 2.60. The summed E-state index contributed by atoms with van der Waals surface area (Å²) in [4.78, 5) is 5.55. The first-order chi connectivity index (χ1) is 9.02. The Morgan fingerprint density at radius 2 is 1.89 bits per heavy atom. The molecule has 1 N–H and O–H groups in total. The summed E-state index contributed by atoms with van der Waals surface area (Å²) in [6, 6.07) is 8.41. The quantitative estimate of drug-likeness (QED) is 0.919. The van der Waals surface area contributed by atoms with Gasteiger partial charge < -0.3 is 10.2 Å². The van der Waals surface area contributed by atoms with Gasteiger partial charge in [0, 0.05) is 25.8 Å². The topological polar surface area (TPSA) is 28.2 Å². The van der Waals surface area contributed by atoms with E-state index in [1.807, 2.05) is 31.2 Å². The van der Waals surface area contributed by atoms with Gasteiger partial charge in [0.15, 0.2) is 23.3 Å². The van der Waals surface area contributed by atoms with Gasteiger partial charge in [0.2, 0.25) is 0 Å². The van der Waals surface area contributed by atoms with E-state index in [1.54, 1.807) is 19.0 Å². The van der Waals surface area contributed by atoms with Crippen molar-refractivity contribution < 1.29 is 8.78 Å². The van der Waals surface area contributed by atoms with Crippen molar-refractivity contribution in [1.29, 1.82) is 0 Å². The molecule has 0 bridgehead atoms. The first-order valence-corrected chi connectivity index (χ1v) is 5.87. The zero-order valence-corrected chi connectivity index (χ0v) is 11.0. The van der Waals surface area contributed by atoms with E-state index in [4.69, 9.17) is 0 Å². The Kier molecular flexibility index (Phi) is 3.64. The lowest BCUT2D eigenvalue weighted by atomic mass is 10.2. The molecule has 0 fully saturated rings. The van der Waals surface area contributed by atoms with E-state index < -0.39 is 11.6 Å². The normalized spacial score (nSPS) is 10.4. The van der Waals surface area contributed by atoms with Crippen molar-refractivity contribution in [1.82, 2.24) is 4.98 Å². The first kappa shape index (κ1) is 13.3. The van der Waals surface area contributed by atoms with E-state index in [9.17, 15) is 8.78 Å². The van der Waals surface area contributed by atoms with Crippen LogP contribution >= 0.6 is 0 Å². The SMILES string of the molecule is CNc1nc(N(C)c2cccc(C)c2)c(F)cc1F. The Morgan fingerprint density at radius 3 is 2.53 bits per heavy atom. The fourth-order valence-electron chi connectivity index (χ4n) is 1.83. The molecule has 19 heavy (non-hydrogen) atoms. The predicted octanol–water partition coefficient (Wildman–Crippen LogP) is 3.48. The lowest BCUT2D eigenvalue weighted by molar-refractivity contribution is 0.576. The number of halogens is 2. The number of aromatic nitrogens is 1. The molecule has 0 saturated carbocycles. The number of pyridine rings is 1. The maximum absolute atomic E-state index is 13.8. The summed E-state index contributed by atoms with van der Waals surface area (Å²) >= 11 is 0. The fourth-order valence-corrected chi connectivity index (χ4v) is 1.83. The van der Waals surface area contributed by atoms with Crippen LogP contribution in [0.2, 0.25) is 0 Å². The maximum atomic E-state index is 13.8. The highest BCUT2D eigenvalue weighted by molar-refractivity contribution is 5.62. The van der Waals surface area contributed by atoms with Crippen molar-refractivity contribution in [3.63, 3.8) is 0 Å². The second kappa shape index (κ2) is 5.22. The highest BCUT2D eigenvalue weighted by Gasteiger charge is 2.15. The van der Waals surface area contributed by atoms with Crippen molar-refractivity contribution in [3.05, 3.63) is 47.5 Å². The third-order valence-electron chi connectivity index (χ3n) is 2.85. The first-order valence-electron chi connectivity index (χ1n) is 5.87. The number of rotatable bonds is 3. The Balaban J connectivity index is 2.46. The van der Waals surface area contributed by atoms with E-state index in [1.165, 1.54) is 0 Å². The zero-order chi connectivity index (χ0) is 14.0. The molecule has 1 heterocycles. The molecule has 0 unspecified atom stereocenters. The molecule has 0 spiro atoms. The Hall–Kier alpha value is -2.17. The van der Waals surface area contributed by atoms with Crippen molar-refractivity contribution in [3.8, 4) is 0 Å². The Labute approximate surface area is 110 Å². The largest absolute Gasteiger partial charge is 0.371 e. The van der Waals surface area contributed by atoms with Crippen LogP contribution in [-0.2, 0) is 0 Å². The van der Waals surface area contributed by atoms with Gasteiger partial charge in [0.05, 0.1) is 0 Å². The highest BCUT2D eigenvalue weighted by Crippen LogP contribution is 2.27. The van der Waals surface area contributed by atoms with Gasteiger partial charge in [0.25, 0.3) is 0 Å². The minimum absolute atomic E-state index is 0.0240. The van der Waals surface area contributed by atoms with E-state index in [0.717, 1.165) is 17.3 Å². The van der Waals surface area contributed by atoms with Crippen LogP contribution in [0.1, 0.15) is 5.56 Å². The zero-order valence-electron chi connectivity index (χ0n) is 11.0. The van der Waals surface area contributed by atoms with Crippen LogP contribution in [0.3, 0.4) is 0 Å². The molecule has 2 aromatic rings. The van der Waals surface area contributed by atoms with E-state index >= 15 is 0 Å². The molecule has 0 atom stereocenters. The molecule has 1 aromatic heterocycles. The van der Waals surface area contributed by atoms with Crippen LogP contribution in [-0.4, -0.2) is 19.1 Å². The molecular formula is C14H15F2N3. The summed E-state index contributed by atoms with van der Waals surface area (Å²) in [7, 11) is 3.23. The van der Waals surface area contributed by atoms with Gasteiger partial charge in [-0.05, 0) is 24.6 Å². The molecule has 0 aliphatic carbocycles. The number of aryl methyl sites for hydroxylation is 1. The Morgan fingerprint density at radius 1 is 1.16 bits per heavy atom. The van der Waals surface area contributed by atoms with Crippen LogP contribution in [0.4, 0.5) is 26.1 Å². The lowest BCUT2D eigenvalue weighted by Crippen LogP contribution is -2.14. The minimum atomic E-state index is -0.707. The monoisotopic (exact) mass is 263 g/mol. The maximum Gasteiger partial charge on any atom is 0.171 e. The van der Waals surface area contributed by atoms with Crippen LogP contribution in [0.5, 0.6) is 0 Å². The summed E-state index contributed by atoms with van der Waals surface area (Å²) in [5.41, 5.74) is 1.85. The van der Waals surface area contributed by atoms with Gasteiger partial charge in [-0.2, -0.15) is 0 Å². The summed E-state index contributed by atoms with van der Waals surface area (Å²) in [6.07, 6.45) is 0. The van der Waals surface area contributed by atoms with Crippen molar-refractivity contribution in [2.45, 2.75) is 6.92 Å². The molecule has 100 valence electrons. The highest BCUT2D eigenvalue weighted by atomic mass is 19.1. The number of nitrogens with zero attached hydrogens (tertiary/aromatic N) is 2. The molecule has 0 amide bonds. The van der Waals surface area contributed by atoms with Crippen LogP contribution in [0.25, 0.3) is 0 Å². The van der Waals surface area contributed by atoms with Gasteiger partial charge in [0.1, 0.15) is 0 Å². The van der Waals surface area contributed by atoms with Crippen LogP contribution in [0, 0.1) is 18.6 Å². The number of hydrogen-bond acceptors (Lipinski definition) is 3. The van der Waals surface area contributed by atoms with Gasteiger partial charge in [-0.25, -0.2) is 13.8 Å². The van der Waals surface area contributed by atoms with E-state index in [2.05, 4.69) is 10.3 Å². The minimum Gasteiger partial charge on any atom is -0.371 e. The molecule has 1 aromatic carbocycles. The molecule has 0 saturated heterocycles. The summed E-state index contributed by atoms with van der Waals surface area (Å²) in [6.45, 7) is 1.95. The Bertz CT molecular complexity index is 599. The average molecular weight is 263 g/mol. The smallest absolute Gasteiger partial charge is 0.171 e. The molecule has 2 rings (SSSR count). The molecule has 0 aliphatic heterocycles. The van der Waals surface area contributed by atoms with Gasteiger partial charge in [-0.1, -0.05) is 12.1 Å². The fraction of sp³-hybridized carbons (Fsp3) is 0.214. The van der Waals surface area contributed by atoms with Crippen molar-refractivity contribution in [2.24, 2.45) is 0 Å². The van der Waals surface area contributed by atoms with Crippen LogP contribution < -0.4 is 10.2 Å². The van der Waals surface area contributed by atoms with Gasteiger partial charge >= 0.3 is 0 Å². The molecule has 0 radical (unpaired) electrons. The van der Waals surface area contributed by atoms with Crippen molar-refractivity contribution >= 4 is 17.3 Å². The van der Waals surface area contributed by atoms with Crippen molar-refractivity contribution in [2.75, 3.05) is 24.3 Å². The summed E-state index contributed by atoms with van der Waals surface area (Å²) < 4.78 is 27.2. The molecule has 3 nitrogen and oxygen atoms in total. The second-order valence-electron chi connectivity index (χ2n) is 4.27. The van der Waals surface area contributed by atoms with Crippen LogP contribution in [0.15, 0.2) is 30.3 Å². The summed E-state index contributed by atoms with van der Waals surface area (Å²) in [5.74, 6) is -1.30. The standard InChI is InChI=1S/C14H15F2N3/c1-9-5-4-6-10(7-9)19(3)14-12(16)8-11(15)13(17-2)18-14/h4-8H,1-3H3,(H,17,18). The number of benzene rings is 1. The predicted molar refractivity (Wildman–Crippen MR) is 72.9 cm³/mol. The van der Waals surface area contributed by atoms with Gasteiger partial charge in [-0.3, -0.25) is 0 Å². The molecule has 5 heteroatoms.